The molecule has 0 aromatic heterocycles. The molecule has 0 aliphatic heterocycles. The summed E-state index contributed by atoms with van der Waals surface area (Å²) in [5.41, 5.74) is 2.80. The average molecular weight is 263 g/mol. The van der Waals surface area contributed by atoms with Crippen molar-refractivity contribution in [3.63, 3.8) is 0 Å². The van der Waals surface area contributed by atoms with Crippen LogP contribution < -0.4 is 0 Å². The van der Waals surface area contributed by atoms with E-state index in [1.165, 1.54) is 17.7 Å². The summed E-state index contributed by atoms with van der Waals surface area (Å²) in [5.74, 6) is 5.37. The molecule has 0 spiro atoms. The second-order valence-corrected chi connectivity index (χ2v) is 4.50. The molecule has 2 rings (SSSR count). The highest BCUT2D eigenvalue weighted by molar-refractivity contribution is 5.45. The molecular weight excluding hydrogens is 249 g/mol. The third-order valence-electron chi connectivity index (χ3n) is 2.93. The van der Waals surface area contributed by atoms with Gasteiger partial charge in [0.2, 0.25) is 0 Å². The van der Waals surface area contributed by atoms with Crippen LogP contribution in [0.25, 0.3) is 0 Å². The molecule has 0 aliphatic carbocycles. The molecule has 2 heteroatoms. The molecule has 2 aromatic carbocycles. The lowest BCUT2D eigenvalue weighted by Gasteiger charge is -1.97. The molecule has 0 saturated carbocycles. The predicted octanol–water partition coefficient (Wildman–Crippen LogP) is 4.05. The molecule has 0 unspecified atom stereocenters. The number of aryl methyl sites for hydroxylation is 1. The Morgan fingerprint density at radius 2 is 1.65 bits per heavy atom. The molecule has 2 aromatic rings. The second-order valence-electron chi connectivity index (χ2n) is 4.50. The largest absolute Gasteiger partial charge is 0.206 e. The van der Waals surface area contributed by atoms with Gasteiger partial charge in [0.15, 0.2) is 0 Å². The molecule has 0 bridgehead atoms. The summed E-state index contributed by atoms with van der Waals surface area (Å²) in [5, 5.41) is 8.66. The quantitative estimate of drug-likeness (QED) is 0.750. The van der Waals surface area contributed by atoms with E-state index in [2.05, 4.69) is 30.9 Å². The van der Waals surface area contributed by atoms with Gasteiger partial charge in [0.25, 0.3) is 0 Å². The maximum absolute atomic E-state index is 13.4. The fourth-order valence-corrected chi connectivity index (χ4v) is 1.87. The van der Waals surface area contributed by atoms with Gasteiger partial charge in [0, 0.05) is 11.1 Å². The van der Waals surface area contributed by atoms with Crippen molar-refractivity contribution in [3.05, 3.63) is 70.5 Å². The Morgan fingerprint density at radius 3 is 2.25 bits per heavy atom. The molecule has 0 radical (unpaired) electrons. The summed E-state index contributed by atoms with van der Waals surface area (Å²) in [4.78, 5) is 0. The minimum absolute atomic E-state index is 0.0412. The molecule has 0 amide bonds. The van der Waals surface area contributed by atoms with Crippen molar-refractivity contribution in [1.82, 2.24) is 0 Å². The van der Waals surface area contributed by atoms with Gasteiger partial charge in [0.05, 0.1) is 5.56 Å². The van der Waals surface area contributed by atoms with E-state index in [4.69, 9.17) is 5.26 Å². The number of hydrogen-bond acceptors (Lipinski definition) is 1. The Morgan fingerprint density at radius 1 is 1.00 bits per heavy atom. The van der Waals surface area contributed by atoms with Crippen LogP contribution in [0.15, 0.2) is 42.5 Å². The first-order valence-corrected chi connectivity index (χ1v) is 6.53. The first-order chi connectivity index (χ1) is 9.72. The summed E-state index contributed by atoms with van der Waals surface area (Å²) in [6.07, 6.45) is 2.18. The molecule has 0 heterocycles. The first-order valence-electron chi connectivity index (χ1n) is 6.53. The normalized spacial score (nSPS) is 9.45. The number of rotatable bonds is 2. The minimum atomic E-state index is -0.530. The van der Waals surface area contributed by atoms with Crippen LogP contribution in [0.2, 0.25) is 0 Å². The van der Waals surface area contributed by atoms with E-state index >= 15 is 0 Å². The smallest absolute Gasteiger partial charge is 0.142 e. The van der Waals surface area contributed by atoms with Gasteiger partial charge in [-0.3, -0.25) is 0 Å². The Kier molecular flexibility index (Phi) is 4.53. The van der Waals surface area contributed by atoms with E-state index in [0.29, 0.717) is 5.56 Å². The number of halogens is 1. The average Bonchev–Trinajstić information content (AvgIpc) is 2.47. The third-order valence-corrected chi connectivity index (χ3v) is 2.93. The highest BCUT2D eigenvalue weighted by Gasteiger charge is 2.00. The SMILES string of the molecule is CCCc1ccc(C#Cc2ccc(C#N)c(F)c2)cc1. The first kappa shape index (κ1) is 13.8. The highest BCUT2D eigenvalue weighted by atomic mass is 19.1. The zero-order valence-electron chi connectivity index (χ0n) is 11.3. The van der Waals surface area contributed by atoms with Crippen LogP contribution in [0.4, 0.5) is 4.39 Å². The van der Waals surface area contributed by atoms with Gasteiger partial charge in [-0.2, -0.15) is 5.26 Å². The standard InChI is InChI=1S/C18H14FN/c1-2-3-14-4-6-15(7-5-14)8-9-16-10-11-17(13-20)18(19)12-16/h4-7,10-12H,2-3H2,1H3. The van der Waals surface area contributed by atoms with Gasteiger partial charge in [0.1, 0.15) is 11.9 Å². The lowest BCUT2D eigenvalue weighted by molar-refractivity contribution is 0.623. The lowest BCUT2D eigenvalue weighted by atomic mass is 10.1. The summed E-state index contributed by atoms with van der Waals surface area (Å²) in [6, 6.07) is 14.2. The van der Waals surface area contributed by atoms with Crippen LogP contribution in [0.1, 0.15) is 35.6 Å². The molecule has 98 valence electrons. The van der Waals surface area contributed by atoms with E-state index < -0.39 is 5.82 Å². The van der Waals surface area contributed by atoms with Crippen molar-refractivity contribution in [1.29, 1.82) is 5.26 Å². The Bertz CT molecular complexity index is 697. The Hall–Kier alpha value is -2.58. The van der Waals surface area contributed by atoms with E-state index in [9.17, 15) is 4.39 Å². The molecule has 1 nitrogen and oxygen atoms in total. The zero-order chi connectivity index (χ0) is 14.4. The van der Waals surface area contributed by atoms with E-state index in [-0.39, 0.29) is 5.56 Å². The molecule has 0 saturated heterocycles. The maximum atomic E-state index is 13.4. The molecule has 0 atom stereocenters. The maximum Gasteiger partial charge on any atom is 0.142 e. The van der Waals surface area contributed by atoms with E-state index in [0.717, 1.165) is 18.4 Å². The van der Waals surface area contributed by atoms with Crippen LogP contribution in [-0.2, 0) is 6.42 Å². The van der Waals surface area contributed by atoms with Crippen LogP contribution in [0.3, 0.4) is 0 Å². The summed E-state index contributed by atoms with van der Waals surface area (Å²) in [6.45, 7) is 2.15. The van der Waals surface area contributed by atoms with Crippen LogP contribution in [0.5, 0.6) is 0 Å². The number of benzene rings is 2. The van der Waals surface area contributed by atoms with Gasteiger partial charge < -0.3 is 0 Å². The third kappa shape index (κ3) is 3.46. The molecule has 0 aliphatic rings. The topological polar surface area (TPSA) is 23.8 Å². The summed E-state index contributed by atoms with van der Waals surface area (Å²) in [7, 11) is 0. The number of hydrogen-bond donors (Lipinski definition) is 0. The fourth-order valence-electron chi connectivity index (χ4n) is 1.87. The van der Waals surface area contributed by atoms with Gasteiger partial charge >= 0.3 is 0 Å². The molecule has 0 N–H and O–H groups in total. The van der Waals surface area contributed by atoms with Crippen molar-refractivity contribution >= 4 is 0 Å². The Labute approximate surface area is 118 Å². The fraction of sp³-hybridized carbons (Fsp3) is 0.167. The van der Waals surface area contributed by atoms with Crippen molar-refractivity contribution in [2.45, 2.75) is 19.8 Å². The van der Waals surface area contributed by atoms with Crippen molar-refractivity contribution in [2.75, 3.05) is 0 Å². The predicted molar refractivity (Wildman–Crippen MR) is 77.5 cm³/mol. The van der Waals surface area contributed by atoms with Gasteiger partial charge in [-0.25, -0.2) is 4.39 Å². The summed E-state index contributed by atoms with van der Waals surface area (Å²) >= 11 is 0. The zero-order valence-corrected chi connectivity index (χ0v) is 11.3. The van der Waals surface area contributed by atoms with Gasteiger partial charge in [-0.15, -0.1) is 0 Å². The molecular formula is C18H14FN. The van der Waals surface area contributed by atoms with Crippen molar-refractivity contribution < 1.29 is 4.39 Å². The van der Waals surface area contributed by atoms with Crippen LogP contribution >= 0.6 is 0 Å². The molecule has 0 fully saturated rings. The lowest BCUT2D eigenvalue weighted by Crippen LogP contribution is -1.85. The van der Waals surface area contributed by atoms with Gasteiger partial charge in [-0.05, 0) is 42.3 Å². The van der Waals surface area contributed by atoms with E-state index in [1.54, 1.807) is 12.1 Å². The van der Waals surface area contributed by atoms with Crippen molar-refractivity contribution in [3.8, 4) is 17.9 Å². The highest BCUT2D eigenvalue weighted by Crippen LogP contribution is 2.09. The number of nitriles is 1. The number of nitrogens with zero attached hydrogens (tertiary/aromatic N) is 1. The second kappa shape index (κ2) is 6.55. The van der Waals surface area contributed by atoms with Crippen molar-refractivity contribution in [2.24, 2.45) is 0 Å². The van der Waals surface area contributed by atoms with E-state index in [1.807, 2.05) is 12.1 Å². The Balaban J connectivity index is 2.18. The minimum Gasteiger partial charge on any atom is -0.206 e. The molecule has 20 heavy (non-hydrogen) atoms. The summed E-state index contributed by atoms with van der Waals surface area (Å²) < 4.78 is 13.4. The van der Waals surface area contributed by atoms with Crippen LogP contribution in [-0.4, -0.2) is 0 Å². The van der Waals surface area contributed by atoms with Gasteiger partial charge in [-0.1, -0.05) is 37.3 Å². The monoisotopic (exact) mass is 263 g/mol. The van der Waals surface area contributed by atoms with Crippen LogP contribution in [0, 0.1) is 29.0 Å².